The first-order valence-corrected chi connectivity index (χ1v) is 8.32. The largest absolute Gasteiger partial charge is 0.368 e. The summed E-state index contributed by atoms with van der Waals surface area (Å²) in [6.07, 6.45) is 2.33. The van der Waals surface area contributed by atoms with Gasteiger partial charge in [-0.3, -0.25) is 4.79 Å². The van der Waals surface area contributed by atoms with Gasteiger partial charge in [-0.25, -0.2) is 0 Å². The maximum absolute atomic E-state index is 11.7. The molecule has 0 heterocycles. The summed E-state index contributed by atoms with van der Waals surface area (Å²) in [6.45, 7) is 0.787. The standard InChI is InChI=1S/C18H20N2OS/c19-17(21)16(14-7-3-1-4-8-14)20-13-18(11-12-18)22-15-9-5-2-6-10-15/h1-10,16,20H,11-13H2,(H2,19,21). The number of nitrogens with two attached hydrogens (primary N) is 1. The first-order chi connectivity index (χ1) is 10.7. The summed E-state index contributed by atoms with van der Waals surface area (Å²) in [4.78, 5) is 13.0. The normalized spacial score (nSPS) is 16.9. The third-order valence-electron chi connectivity index (χ3n) is 3.93. The molecular weight excluding hydrogens is 292 g/mol. The molecule has 0 aliphatic heterocycles. The van der Waals surface area contributed by atoms with Crippen LogP contribution in [0.25, 0.3) is 0 Å². The van der Waals surface area contributed by atoms with Gasteiger partial charge in [-0.2, -0.15) is 0 Å². The Balaban J connectivity index is 1.64. The van der Waals surface area contributed by atoms with Gasteiger partial charge in [0.25, 0.3) is 0 Å². The molecule has 3 rings (SSSR count). The monoisotopic (exact) mass is 312 g/mol. The predicted molar refractivity (Wildman–Crippen MR) is 90.6 cm³/mol. The molecule has 3 nitrogen and oxygen atoms in total. The van der Waals surface area contributed by atoms with Crippen LogP contribution in [0.4, 0.5) is 0 Å². The van der Waals surface area contributed by atoms with Crippen LogP contribution in [0.15, 0.2) is 65.6 Å². The summed E-state index contributed by atoms with van der Waals surface area (Å²) >= 11 is 1.89. The fourth-order valence-electron chi connectivity index (χ4n) is 2.51. The molecule has 1 unspecified atom stereocenters. The lowest BCUT2D eigenvalue weighted by molar-refractivity contribution is -0.120. The van der Waals surface area contributed by atoms with E-state index in [9.17, 15) is 4.79 Å². The Morgan fingerprint density at radius 3 is 2.23 bits per heavy atom. The number of carbonyl (C=O) groups excluding carboxylic acids is 1. The molecule has 3 N–H and O–H groups in total. The molecule has 1 fully saturated rings. The van der Waals surface area contributed by atoms with E-state index in [1.165, 1.54) is 17.7 Å². The van der Waals surface area contributed by atoms with Crippen molar-refractivity contribution in [1.29, 1.82) is 0 Å². The molecule has 0 aromatic heterocycles. The van der Waals surface area contributed by atoms with E-state index in [1.807, 2.05) is 48.2 Å². The Kier molecular flexibility index (Phi) is 4.50. The van der Waals surface area contributed by atoms with Gasteiger partial charge in [-0.15, -0.1) is 11.8 Å². The zero-order valence-corrected chi connectivity index (χ0v) is 13.2. The zero-order chi connectivity index (χ0) is 15.4. The molecule has 0 radical (unpaired) electrons. The van der Waals surface area contributed by atoms with E-state index in [0.717, 1.165) is 12.1 Å². The average molecular weight is 312 g/mol. The highest BCUT2D eigenvalue weighted by Crippen LogP contribution is 2.51. The van der Waals surface area contributed by atoms with Crippen molar-refractivity contribution in [1.82, 2.24) is 5.32 Å². The molecule has 2 aromatic rings. The van der Waals surface area contributed by atoms with E-state index in [4.69, 9.17) is 5.73 Å². The van der Waals surface area contributed by atoms with Gasteiger partial charge in [-0.1, -0.05) is 48.5 Å². The van der Waals surface area contributed by atoms with Crippen molar-refractivity contribution in [3.8, 4) is 0 Å². The second-order valence-corrected chi connectivity index (χ2v) is 7.27. The molecule has 1 atom stereocenters. The van der Waals surface area contributed by atoms with Gasteiger partial charge in [0.1, 0.15) is 6.04 Å². The van der Waals surface area contributed by atoms with Crippen molar-refractivity contribution in [2.24, 2.45) is 5.73 Å². The van der Waals surface area contributed by atoms with Crippen LogP contribution in [0, 0.1) is 0 Å². The average Bonchev–Trinajstić information content (AvgIpc) is 3.29. The van der Waals surface area contributed by atoms with Crippen LogP contribution in [0.2, 0.25) is 0 Å². The van der Waals surface area contributed by atoms with Gasteiger partial charge < -0.3 is 11.1 Å². The summed E-state index contributed by atoms with van der Waals surface area (Å²) in [6, 6.07) is 19.7. The molecular formula is C18H20N2OS. The van der Waals surface area contributed by atoms with Gasteiger partial charge >= 0.3 is 0 Å². The third kappa shape index (κ3) is 3.70. The highest BCUT2D eigenvalue weighted by Gasteiger charge is 2.44. The van der Waals surface area contributed by atoms with Crippen LogP contribution in [-0.2, 0) is 4.79 Å². The molecule has 1 aliphatic rings. The topological polar surface area (TPSA) is 55.1 Å². The van der Waals surface area contributed by atoms with Crippen molar-refractivity contribution in [3.05, 3.63) is 66.2 Å². The number of primary amides is 1. The number of amides is 1. The van der Waals surface area contributed by atoms with Gasteiger partial charge in [0.15, 0.2) is 0 Å². The zero-order valence-electron chi connectivity index (χ0n) is 12.4. The number of hydrogen-bond acceptors (Lipinski definition) is 3. The van der Waals surface area contributed by atoms with E-state index < -0.39 is 6.04 Å². The Hall–Kier alpha value is -1.78. The lowest BCUT2D eigenvalue weighted by Crippen LogP contribution is -2.37. The quantitative estimate of drug-likeness (QED) is 0.826. The SMILES string of the molecule is NC(=O)C(NCC1(Sc2ccccc2)CC1)c1ccccc1. The molecule has 2 aromatic carbocycles. The Bertz CT molecular complexity index is 626. The molecule has 1 amide bonds. The van der Waals surface area contributed by atoms with Crippen molar-refractivity contribution < 1.29 is 4.79 Å². The van der Waals surface area contributed by atoms with Gasteiger partial charge in [0, 0.05) is 16.2 Å². The molecule has 0 bridgehead atoms. The van der Waals surface area contributed by atoms with Crippen LogP contribution in [-0.4, -0.2) is 17.2 Å². The maximum Gasteiger partial charge on any atom is 0.239 e. The molecule has 22 heavy (non-hydrogen) atoms. The summed E-state index contributed by atoms with van der Waals surface area (Å²) in [7, 11) is 0. The predicted octanol–water partition coefficient (Wildman–Crippen LogP) is 3.13. The van der Waals surface area contributed by atoms with Crippen LogP contribution in [0.3, 0.4) is 0 Å². The summed E-state index contributed by atoms with van der Waals surface area (Å²) in [5.41, 5.74) is 6.49. The minimum atomic E-state index is -0.421. The van der Waals surface area contributed by atoms with E-state index in [2.05, 4.69) is 29.6 Å². The molecule has 0 spiro atoms. The van der Waals surface area contributed by atoms with Crippen molar-refractivity contribution in [2.75, 3.05) is 6.54 Å². The van der Waals surface area contributed by atoms with E-state index in [1.54, 1.807) is 0 Å². The summed E-state index contributed by atoms with van der Waals surface area (Å²) in [5, 5.41) is 3.36. The lowest BCUT2D eigenvalue weighted by Gasteiger charge is -2.21. The number of carbonyl (C=O) groups is 1. The van der Waals surface area contributed by atoms with Crippen LogP contribution in [0.1, 0.15) is 24.4 Å². The number of rotatable bonds is 7. The van der Waals surface area contributed by atoms with Crippen LogP contribution in [0.5, 0.6) is 0 Å². The van der Waals surface area contributed by atoms with Crippen molar-refractivity contribution in [3.63, 3.8) is 0 Å². The molecule has 1 saturated carbocycles. The highest BCUT2D eigenvalue weighted by atomic mass is 32.2. The van der Waals surface area contributed by atoms with Crippen LogP contribution < -0.4 is 11.1 Å². The Morgan fingerprint density at radius 1 is 1.09 bits per heavy atom. The number of nitrogens with one attached hydrogen (secondary N) is 1. The third-order valence-corrected chi connectivity index (χ3v) is 5.42. The van der Waals surface area contributed by atoms with Gasteiger partial charge in [-0.05, 0) is 30.5 Å². The summed E-state index contributed by atoms with van der Waals surface area (Å²) in [5.74, 6) is -0.327. The van der Waals surface area contributed by atoms with Crippen LogP contribution >= 0.6 is 11.8 Å². The minimum absolute atomic E-state index is 0.198. The first-order valence-electron chi connectivity index (χ1n) is 7.50. The Morgan fingerprint density at radius 2 is 1.68 bits per heavy atom. The lowest BCUT2D eigenvalue weighted by atomic mass is 10.1. The molecule has 1 aliphatic carbocycles. The number of hydrogen-bond donors (Lipinski definition) is 2. The fourth-order valence-corrected chi connectivity index (χ4v) is 3.76. The fraction of sp³-hybridized carbons (Fsp3) is 0.278. The number of thioether (sulfide) groups is 1. The van der Waals surface area contributed by atoms with Crippen molar-refractivity contribution in [2.45, 2.75) is 28.5 Å². The Labute approximate surface area is 135 Å². The second kappa shape index (κ2) is 6.55. The molecule has 4 heteroatoms. The van der Waals surface area contributed by atoms with Gasteiger partial charge in [0.2, 0.25) is 5.91 Å². The van der Waals surface area contributed by atoms with E-state index in [-0.39, 0.29) is 10.7 Å². The second-order valence-electron chi connectivity index (χ2n) is 5.73. The molecule has 114 valence electrons. The van der Waals surface area contributed by atoms with Gasteiger partial charge in [0.05, 0.1) is 0 Å². The highest BCUT2D eigenvalue weighted by molar-refractivity contribution is 8.01. The smallest absolute Gasteiger partial charge is 0.239 e. The summed E-state index contributed by atoms with van der Waals surface area (Å²) < 4.78 is 0.198. The first kappa shape index (κ1) is 15.1. The van der Waals surface area contributed by atoms with Crippen molar-refractivity contribution >= 4 is 17.7 Å². The minimum Gasteiger partial charge on any atom is -0.368 e. The maximum atomic E-state index is 11.7. The van der Waals surface area contributed by atoms with E-state index in [0.29, 0.717) is 0 Å². The number of benzene rings is 2. The van der Waals surface area contributed by atoms with E-state index >= 15 is 0 Å². The molecule has 0 saturated heterocycles.